The van der Waals surface area contributed by atoms with Crippen molar-refractivity contribution in [1.82, 2.24) is 15.5 Å². The van der Waals surface area contributed by atoms with Crippen molar-refractivity contribution in [3.8, 4) is 5.75 Å². The molecule has 1 aromatic carbocycles. The van der Waals surface area contributed by atoms with Crippen molar-refractivity contribution in [2.24, 2.45) is 4.99 Å². The first kappa shape index (κ1) is 18.6. The molecule has 6 nitrogen and oxygen atoms in total. The summed E-state index contributed by atoms with van der Waals surface area (Å²) < 4.78 is 11.5. The summed E-state index contributed by atoms with van der Waals surface area (Å²) in [7, 11) is 1.85. The predicted molar refractivity (Wildman–Crippen MR) is 107 cm³/mol. The number of para-hydroxylation sites is 1. The van der Waals surface area contributed by atoms with E-state index >= 15 is 0 Å². The number of hydrogen-bond acceptors (Lipinski definition) is 4. The minimum Gasteiger partial charge on any atom is -0.493 e. The van der Waals surface area contributed by atoms with E-state index < -0.39 is 0 Å². The van der Waals surface area contributed by atoms with Crippen molar-refractivity contribution in [2.45, 2.75) is 43.7 Å². The van der Waals surface area contributed by atoms with Crippen LogP contribution in [-0.2, 0) is 4.74 Å². The maximum Gasteiger partial charge on any atom is 0.191 e. The van der Waals surface area contributed by atoms with Gasteiger partial charge in [-0.3, -0.25) is 9.89 Å². The maximum absolute atomic E-state index is 5.79. The van der Waals surface area contributed by atoms with E-state index in [1.54, 1.807) is 0 Å². The SMILES string of the molecule is CN=C(NCC1(N2CCCC2)CCOCC1)NC1CCOc2ccccc21. The van der Waals surface area contributed by atoms with E-state index in [0.29, 0.717) is 0 Å². The Labute approximate surface area is 162 Å². The van der Waals surface area contributed by atoms with E-state index in [2.05, 4.69) is 32.7 Å². The van der Waals surface area contributed by atoms with Gasteiger partial charge in [-0.05, 0) is 44.8 Å². The van der Waals surface area contributed by atoms with Crippen LogP contribution >= 0.6 is 0 Å². The third-order valence-corrected chi connectivity index (χ3v) is 6.28. The zero-order chi connectivity index (χ0) is 18.5. The lowest BCUT2D eigenvalue weighted by atomic mass is 9.88. The molecule has 27 heavy (non-hydrogen) atoms. The summed E-state index contributed by atoms with van der Waals surface area (Å²) >= 11 is 0. The molecule has 3 aliphatic heterocycles. The van der Waals surface area contributed by atoms with Gasteiger partial charge in [0.05, 0.1) is 12.6 Å². The Hall–Kier alpha value is -1.79. The molecule has 3 aliphatic rings. The number of guanidine groups is 1. The number of rotatable bonds is 4. The molecular formula is C21H32N4O2. The van der Waals surface area contributed by atoms with Gasteiger partial charge in [0.2, 0.25) is 0 Å². The van der Waals surface area contributed by atoms with Gasteiger partial charge in [0.25, 0.3) is 0 Å². The number of fused-ring (bicyclic) bond motifs is 1. The molecule has 148 valence electrons. The Bertz CT molecular complexity index is 651. The standard InChI is InChI=1S/C21H32N4O2/c1-22-20(24-18-8-13-27-19-7-3-2-6-17(18)19)23-16-21(9-14-26-15-10-21)25-11-4-5-12-25/h2-3,6-7,18H,4-5,8-16H2,1H3,(H2,22,23,24). The molecule has 0 spiro atoms. The fourth-order valence-corrected chi connectivity index (χ4v) is 4.65. The monoisotopic (exact) mass is 372 g/mol. The minimum absolute atomic E-state index is 0.194. The number of hydrogen-bond donors (Lipinski definition) is 2. The zero-order valence-corrected chi connectivity index (χ0v) is 16.4. The zero-order valence-electron chi connectivity index (χ0n) is 16.4. The largest absolute Gasteiger partial charge is 0.493 e. The van der Waals surface area contributed by atoms with E-state index in [1.165, 1.54) is 31.5 Å². The Balaban J connectivity index is 1.42. The molecule has 1 atom stereocenters. The van der Waals surface area contributed by atoms with Gasteiger partial charge in [0, 0.05) is 44.3 Å². The van der Waals surface area contributed by atoms with E-state index in [-0.39, 0.29) is 11.6 Å². The van der Waals surface area contributed by atoms with E-state index in [0.717, 1.165) is 57.3 Å². The maximum atomic E-state index is 5.79. The highest BCUT2D eigenvalue weighted by Crippen LogP contribution is 2.32. The molecule has 6 heteroatoms. The lowest BCUT2D eigenvalue weighted by Crippen LogP contribution is -2.58. The number of aliphatic imine (C=N–C) groups is 1. The summed E-state index contributed by atoms with van der Waals surface area (Å²) in [5.74, 6) is 1.86. The average Bonchev–Trinajstić information content (AvgIpc) is 3.27. The molecule has 4 rings (SSSR count). The molecule has 1 unspecified atom stereocenters. The second-order valence-electron chi connectivity index (χ2n) is 7.83. The highest BCUT2D eigenvalue weighted by molar-refractivity contribution is 5.80. The molecule has 0 saturated carbocycles. The fourth-order valence-electron chi connectivity index (χ4n) is 4.65. The van der Waals surface area contributed by atoms with Gasteiger partial charge in [-0.1, -0.05) is 18.2 Å². The van der Waals surface area contributed by atoms with Gasteiger partial charge in [-0.2, -0.15) is 0 Å². The van der Waals surface area contributed by atoms with E-state index in [9.17, 15) is 0 Å². The van der Waals surface area contributed by atoms with Crippen LogP contribution in [0.15, 0.2) is 29.3 Å². The van der Waals surface area contributed by atoms with Crippen LogP contribution in [0.2, 0.25) is 0 Å². The van der Waals surface area contributed by atoms with Crippen LogP contribution in [0.25, 0.3) is 0 Å². The summed E-state index contributed by atoms with van der Waals surface area (Å²) in [6.07, 6.45) is 5.76. The summed E-state index contributed by atoms with van der Waals surface area (Å²) in [5.41, 5.74) is 1.41. The molecule has 0 aromatic heterocycles. The number of likely N-dealkylation sites (tertiary alicyclic amines) is 1. The molecule has 3 heterocycles. The molecule has 0 bridgehead atoms. The topological polar surface area (TPSA) is 58.1 Å². The Morgan fingerprint density at radius 3 is 2.74 bits per heavy atom. The van der Waals surface area contributed by atoms with Gasteiger partial charge in [0.1, 0.15) is 5.75 Å². The number of ether oxygens (including phenoxy) is 2. The van der Waals surface area contributed by atoms with Crippen LogP contribution < -0.4 is 15.4 Å². The van der Waals surface area contributed by atoms with Gasteiger partial charge < -0.3 is 20.1 Å². The van der Waals surface area contributed by atoms with Gasteiger partial charge >= 0.3 is 0 Å². The number of nitrogens with one attached hydrogen (secondary N) is 2. The second kappa shape index (κ2) is 8.48. The molecule has 0 aliphatic carbocycles. The van der Waals surface area contributed by atoms with Crippen molar-refractivity contribution in [3.63, 3.8) is 0 Å². The Kier molecular flexibility index (Phi) is 5.83. The van der Waals surface area contributed by atoms with Crippen LogP contribution in [0.1, 0.15) is 43.7 Å². The van der Waals surface area contributed by atoms with Crippen molar-refractivity contribution < 1.29 is 9.47 Å². The molecule has 0 amide bonds. The molecule has 2 N–H and O–H groups in total. The van der Waals surface area contributed by atoms with Crippen LogP contribution in [-0.4, -0.2) is 62.9 Å². The summed E-state index contributed by atoms with van der Waals surface area (Å²) in [4.78, 5) is 7.18. The van der Waals surface area contributed by atoms with Crippen LogP contribution in [0.3, 0.4) is 0 Å². The first-order chi connectivity index (χ1) is 13.3. The highest BCUT2D eigenvalue weighted by Gasteiger charge is 2.39. The van der Waals surface area contributed by atoms with Crippen molar-refractivity contribution >= 4 is 5.96 Å². The van der Waals surface area contributed by atoms with Gasteiger partial charge in [-0.15, -0.1) is 0 Å². The van der Waals surface area contributed by atoms with Crippen LogP contribution in [0, 0.1) is 0 Å². The fraction of sp³-hybridized carbons (Fsp3) is 0.667. The summed E-state index contributed by atoms with van der Waals surface area (Å²) in [5, 5.41) is 7.25. The summed E-state index contributed by atoms with van der Waals surface area (Å²) in [6, 6.07) is 8.52. The summed E-state index contributed by atoms with van der Waals surface area (Å²) in [6.45, 7) is 5.79. The number of nitrogens with zero attached hydrogens (tertiary/aromatic N) is 2. The molecule has 2 saturated heterocycles. The average molecular weight is 373 g/mol. The Morgan fingerprint density at radius 2 is 1.96 bits per heavy atom. The molecular weight excluding hydrogens is 340 g/mol. The van der Waals surface area contributed by atoms with Crippen molar-refractivity contribution in [3.05, 3.63) is 29.8 Å². The van der Waals surface area contributed by atoms with E-state index in [4.69, 9.17) is 9.47 Å². The van der Waals surface area contributed by atoms with Gasteiger partial charge in [-0.25, -0.2) is 0 Å². The smallest absolute Gasteiger partial charge is 0.191 e. The van der Waals surface area contributed by atoms with Crippen molar-refractivity contribution in [2.75, 3.05) is 46.5 Å². The normalized spacial score (nSPS) is 25.5. The highest BCUT2D eigenvalue weighted by atomic mass is 16.5. The molecule has 2 fully saturated rings. The second-order valence-corrected chi connectivity index (χ2v) is 7.83. The van der Waals surface area contributed by atoms with Crippen LogP contribution in [0.4, 0.5) is 0 Å². The minimum atomic E-state index is 0.194. The van der Waals surface area contributed by atoms with E-state index in [1.807, 2.05) is 19.2 Å². The Morgan fingerprint density at radius 1 is 1.19 bits per heavy atom. The quantitative estimate of drug-likeness (QED) is 0.628. The lowest BCUT2D eigenvalue weighted by Gasteiger charge is -2.45. The first-order valence-corrected chi connectivity index (χ1v) is 10.3. The van der Waals surface area contributed by atoms with Crippen molar-refractivity contribution in [1.29, 1.82) is 0 Å². The molecule has 0 radical (unpaired) electrons. The third-order valence-electron chi connectivity index (χ3n) is 6.28. The lowest BCUT2D eigenvalue weighted by molar-refractivity contribution is -0.0164. The predicted octanol–water partition coefficient (Wildman–Crippen LogP) is 2.32. The third kappa shape index (κ3) is 4.06. The number of benzene rings is 1. The van der Waals surface area contributed by atoms with Crippen LogP contribution in [0.5, 0.6) is 5.75 Å². The first-order valence-electron chi connectivity index (χ1n) is 10.3. The molecule has 1 aromatic rings. The van der Waals surface area contributed by atoms with Gasteiger partial charge in [0.15, 0.2) is 5.96 Å².